The molecule has 1 rings (SSSR count). The zero-order valence-corrected chi connectivity index (χ0v) is 14.2. The lowest BCUT2D eigenvalue weighted by Gasteiger charge is -2.23. The van der Waals surface area contributed by atoms with Crippen LogP contribution in [0, 0.1) is 5.92 Å². The smallest absolute Gasteiger partial charge is 0.0964 e. The molecule has 0 saturated heterocycles. The van der Waals surface area contributed by atoms with Crippen LogP contribution in [0.3, 0.4) is 0 Å². The van der Waals surface area contributed by atoms with Crippen molar-refractivity contribution in [2.75, 3.05) is 33.4 Å². The zero-order valence-electron chi connectivity index (χ0n) is 14.2. The highest BCUT2D eigenvalue weighted by Crippen LogP contribution is 2.00. The maximum Gasteiger partial charge on any atom is 0.0964 e. The van der Waals surface area contributed by atoms with Gasteiger partial charge < -0.3 is 10.1 Å². The summed E-state index contributed by atoms with van der Waals surface area (Å²) in [6.45, 7) is 14.2. The highest BCUT2D eigenvalue weighted by molar-refractivity contribution is 4.91. The van der Waals surface area contributed by atoms with Crippen molar-refractivity contribution in [2.45, 2.75) is 46.8 Å². The van der Waals surface area contributed by atoms with Crippen LogP contribution in [0.5, 0.6) is 0 Å². The van der Waals surface area contributed by atoms with Gasteiger partial charge in [-0.15, -0.1) is 5.10 Å². The van der Waals surface area contributed by atoms with Gasteiger partial charge in [0.15, 0.2) is 0 Å². The first kappa shape index (κ1) is 18.1. The number of hydrogen-bond acceptors (Lipinski definition) is 5. The molecule has 6 heteroatoms. The van der Waals surface area contributed by atoms with Crippen LogP contribution in [0.4, 0.5) is 0 Å². The van der Waals surface area contributed by atoms with Crippen LogP contribution in [-0.4, -0.2) is 59.3 Å². The number of hydrogen-bond donors (Lipinski definition) is 1. The molecule has 21 heavy (non-hydrogen) atoms. The molecular formula is C15H31N5O. The molecule has 0 aromatic carbocycles. The molecule has 1 N–H and O–H groups in total. The molecule has 122 valence electrons. The summed E-state index contributed by atoms with van der Waals surface area (Å²) in [5.41, 5.74) is 0.996. The van der Waals surface area contributed by atoms with E-state index in [0.717, 1.165) is 45.0 Å². The van der Waals surface area contributed by atoms with Gasteiger partial charge in [0.2, 0.25) is 0 Å². The SMILES string of the molecule is COCCN(CCn1cc(CNC(C)C)nn1)CC(C)C. The standard InChI is InChI=1S/C15H31N5O/c1-13(2)11-19(8-9-21-5)6-7-20-12-15(17-18-20)10-16-14(3)4/h12-14,16H,6-11H2,1-5H3. The predicted molar refractivity (Wildman–Crippen MR) is 85.2 cm³/mol. The molecule has 0 spiro atoms. The fraction of sp³-hybridized carbons (Fsp3) is 0.867. The Morgan fingerprint density at radius 1 is 1.29 bits per heavy atom. The molecule has 0 saturated carbocycles. The van der Waals surface area contributed by atoms with Crippen LogP contribution < -0.4 is 5.32 Å². The normalized spacial score (nSPS) is 12.0. The number of nitrogens with zero attached hydrogens (tertiary/aromatic N) is 4. The minimum Gasteiger partial charge on any atom is -0.383 e. The van der Waals surface area contributed by atoms with Crippen molar-refractivity contribution in [3.05, 3.63) is 11.9 Å². The van der Waals surface area contributed by atoms with Gasteiger partial charge in [-0.25, -0.2) is 0 Å². The average molecular weight is 297 g/mol. The third kappa shape index (κ3) is 8.14. The molecule has 6 nitrogen and oxygen atoms in total. The first-order valence-corrected chi connectivity index (χ1v) is 7.85. The molecule has 0 aliphatic heterocycles. The van der Waals surface area contributed by atoms with Crippen molar-refractivity contribution in [1.29, 1.82) is 0 Å². The van der Waals surface area contributed by atoms with Gasteiger partial charge in [-0.05, 0) is 5.92 Å². The molecule has 0 aliphatic rings. The first-order valence-electron chi connectivity index (χ1n) is 7.85. The van der Waals surface area contributed by atoms with Gasteiger partial charge in [0.05, 0.1) is 18.8 Å². The molecule has 0 bridgehead atoms. The quantitative estimate of drug-likeness (QED) is 0.669. The van der Waals surface area contributed by atoms with Gasteiger partial charge >= 0.3 is 0 Å². The van der Waals surface area contributed by atoms with Crippen molar-refractivity contribution < 1.29 is 4.74 Å². The summed E-state index contributed by atoms with van der Waals surface area (Å²) in [6.07, 6.45) is 2.03. The number of methoxy groups -OCH3 is 1. The van der Waals surface area contributed by atoms with Gasteiger partial charge in [0.1, 0.15) is 0 Å². The van der Waals surface area contributed by atoms with Crippen molar-refractivity contribution >= 4 is 0 Å². The molecule has 1 aromatic heterocycles. The maximum absolute atomic E-state index is 5.18. The third-order valence-corrected chi connectivity index (χ3v) is 3.16. The number of nitrogens with one attached hydrogen (secondary N) is 1. The summed E-state index contributed by atoms with van der Waals surface area (Å²) < 4.78 is 7.11. The Hall–Kier alpha value is -0.980. The van der Waals surface area contributed by atoms with E-state index in [-0.39, 0.29) is 0 Å². The van der Waals surface area contributed by atoms with E-state index in [2.05, 4.69) is 48.2 Å². The Balaban J connectivity index is 2.40. The fourth-order valence-electron chi connectivity index (χ4n) is 2.11. The van der Waals surface area contributed by atoms with Crippen molar-refractivity contribution in [3.8, 4) is 0 Å². The molecule has 1 aromatic rings. The van der Waals surface area contributed by atoms with Crippen molar-refractivity contribution in [2.24, 2.45) is 5.92 Å². The van der Waals surface area contributed by atoms with Crippen LogP contribution in [0.25, 0.3) is 0 Å². The predicted octanol–water partition coefficient (Wildman–Crippen LogP) is 1.38. The number of rotatable bonds is 11. The first-order chi connectivity index (χ1) is 10.0. The summed E-state index contributed by atoms with van der Waals surface area (Å²) in [5, 5.41) is 11.7. The van der Waals surface area contributed by atoms with Crippen LogP contribution in [0.2, 0.25) is 0 Å². The van der Waals surface area contributed by atoms with Gasteiger partial charge in [0, 0.05) is 45.5 Å². The topological polar surface area (TPSA) is 55.2 Å². The van der Waals surface area contributed by atoms with E-state index in [1.807, 2.05) is 10.9 Å². The molecule has 0 amide bonds. The van der Waals surface area contributed by atoms with E-state index in [1.165, 1.54) is 0 Å². The molecule has 0 unspecified atom stereocenters. The molecule has 0 aliphatic carbocycles. The van der Waals surface area contributed by atoms with Gasteiger partial charge in [-0.1, -0.05) is 32.9 Å². The second-order valence-electron chi connectivity index (χ2n) is 6.20. The number of aromatic nitrogens is 3. The Morgan fingerprint density at radius 2 is 2.05 bits per heavy atom. The van der Waals surface area contributed by atoms with E-state index in [4.69, 9.17) is 4.74 Å². The summed E-state index contributed by atoms with van der Waals surface area (Å²) in [4.78, 5) is 2.42. The Bertz CT molecular complexity index is 378. The lowest BCUT2D eigenvalue weighted by Crippen LogP contribution is -2.34. The minimum atomic E-state index is 0.464. The summed E-state index contributed by atoms with van der Waals surface area (Å²) >= 11 is 0. The highest BCUT2D eigenvalue weighted by Gasteiger charge is 2.08. The summed E-state index contributed by atoms with van der Waals surface area (Å²) in [7, 11) is 1.75. The Kier molecular flexibility index (Phi) is 8.49. The third-order valence-electron chi connectivity index (χ3n) is 3.16. The second-order valence-corrected chi connectivity index (χ2v) is 6.20. The molecule has 0 fully saturated rings. The lowest BCUT2D eigenvalue weighted by molar-refractivity contribution is 0.136. The van der Waals surface area contributed by atoms with Crippen LogP contribution in [-0.2, 0) is 17.8 Å². The number of ether oxygens (including phenoxy) is 1. The largest absolute Gasteiger partial charge is 0.383 e. The Morgan fingerprint density at radius 3 is 2.67 bits per heavy atom. The minimum absolute atomic E-state index is 0.464. The molecule has 0 radical (unpaired) electrons. The second kappa shape index (κ2) is 9.87. The molecular weight excluding hydrogens is 266 g/mol. The van der Waals surface area contributed by atoms with Gasteiger partial charge in [-0.2, -0.15) is 0 Å². The van der Waals surface area contributed by atoms with Crippen LogP contribution >= 0.6 is 0 Å². The van der Waals surface area contributed by atoms with Gasteiger partial charge in [-0.3, -0.25) is 9.58 Å². The van der Waals surface area contributed by atoms with Gasteiger partial charge in [0.25, 0.3) is 0 Å². The lowest BCUT2D eigenvalue weighted by atomic mass is 10.2. The van der Waals surface area contributed by atoms with E-state index in [9.17, 15) is 0 Å². The van der Waals surface area contributed by atoms with Crippen molar-refractivity contribution in [3.63, 3.8) is 0 Å². The van der Waals surface area contributed by atoms with Crippen LogP contribution in [0.1, 0.15) is 33.4 Å². The monoisotopic (exact) mass is 297 g/mol. The Labute approximate surface area is 128 Å². The van der Waals surface area contributed by atoms with E-state index < -0.39 is 0 Å². The van der Waals surface area contributed by atoms with E-state index in [1.54, 1.807) is 7.11 Å². The zero-order chi connectivity index (χ0) is 15.7. The highest BCUT2D eigenvalue weighted by atomic mass is 16.5. The van der Waals surface area contributed by atoms with E-state index in [0.29, 0.717) is 12.0 Å². The molecule has 0 atom stereocenters. The molecule has 1 heterocycles. The fourth-order valence-corrected chi connectivity index (χ4v) is 2.11. The average Bonchev–Trinajstić information content (AvgIpc) is 2.87. The van der Waals surface area contributed by atoms with Crippen LogP contribution in [0.15, 0.2) is 6.20 Å². The summed E-state index contributed by atoms with van der Waals surface area (Å²) in [5.74, 6) is 0.656. The maximum atomic E-state index is 5.18. The summed E-state index contributed by atoms with van der Waals surface area (Å²) in [6, 6.07) is 0.464. The van der Waals surface area contributed by atoms with Crippen molar-refractivity contribution in [1.82, 2.24) is 25.2 Å². The van der Waals surface area contributed by atoms with E-state index >= 15 is 0 Å².